The Morgan fingerprint density at radius 1 is 0.897 bits per heavy atom. The van der Waals surface area contributed by atoms with Crippen LogP contribution in [0.1, 0.15) is 45.1 Å². The van der Waals surface area contributed by atoms with E-state index in [1.54, 1.807) is 0 Å². The molecule has 1 saturated heterocycles. The second-order valence-corrected chi connectivity index (χ2v) is 8.35. The zero-order valence-corrected chi connectivity index (χ0v) is 17.4. The van der Waals surface area contributed by atoms with Crippen LogP contribution in [0.4, 0.5) is 11.4 Å². The highest BCUT2D eigenvalue weighted by Gasteiger charge is 2.24. The predicted octanol–water partition coefficient (Wildman–Crippen LogP) is 4.10. The van der Waals surface area contributed by atoms with Gasteiger partial charge in [-0.15, -0.1) is 0 Å². The van der Waals surface area contributed by atoms with Gasteiger partial charge in [-0.3, -0.25) is 9.59 Å². The summed E-state index contributed by atoms with van der Waals surface area (Å²) in [4.78, 5) is 26.9. The van der Waals surface area contributed by atoms with E-state index in [0.717, 1.165) is 24.3 Å². The van der Waals surface area contributed by atoms with Crippen LogP contribution in [0.2, 0.25) is 0 Å². The minimum atomic E-state index is -0.286. The van der Waals surface area contributed by atoms with Crippen LogP contribution in [0.5, 0.6) is 0 Å². The zero-order chi connectivity index (χ0) is 20.7. The van der Waals surface area contributed by atoms with Crippen LogP contribution in [0.25, 0.3) is 0 Å². The molecule has 0 aromatic heterocycles. The Morgan fingerprint density at radius 2 is 1.55 bits per heavy atom. The van der Waals surface area contributed by atoms with Crippen molar-refractivity contribution in [2.75, 3.05) is 29.9 Å². The minimum absolute atomic E-state index is 0.0302. The van der Waals surface area contributed by atoms with Crippen LogP contribution in [-0.2, 0) is 15.0 Å². The Bertz CT molecular complexity index is 810. The molecule has 1 aliphatic rings. The molecule has 1 heterocycles. The van der Waals surface area contributed by atoms with Crippen molar-refractivity contribution in [3.8, 4) is 0 Å². The molecule has 0 spiro atoms. The molecule has 1 fully saturated rings. The van der Waals surface area contributed by atoms with Crippen molar-refractivity contribution in [3.05, 3.63) is 60.2 Å². The van der Waals surface area contributed by atoms with Crippen molar-refractivity contribution < 1.29 is 9.59 Å². The molecule has 5 nitrogen and oxygen atoms in total. The number of hydrogen-bond donors (Lipinski definition) is 2. The number of benzene rings is 2. The molecule has 1 aliphatic heterocycles. The van der Waals surface area contributed by atoms with E-state index in [2.05, 4.69) is 15.5 Å². The van der Waals surface area contributed by atoms with Crippen molar-refractivity contribution in [2.45, 2.75) is 44.9 Å². The first-order valence-electron chi connectivity index (χ1n) is 10.4. The van der Waals surface area contributed by atoms with Crippen LogP contribution in [0.3, 0.4) is 0 Å². The molecule has 3 rings (SSSR count). The van der Waals surface area contributed by atoms with Gasteiger partial charge in [0, 0.05) is 30.9 Å². The number of nitrogens with zero attached hydrogens (tertiary/aromatic N) is 1. The maximum absolute atomic E-state index is 12.3. The van der Waals surface area contributed by atoms with Crippen LogP contribution in [0, 0.1) is 0 Å². The Kier molecular flexibility index (Phi) is 6.91. The number of hydrogen-bond acceptors (Lipinski definition) is 3. The van der Waals surface area contributed by atoms with Crippen molar-refractivity contribution >= 4 is 23.2 Å². The average molecular weight is 394 g/mol. The van der Waals surface area contributed by atoms with Gasteiger partial charge < -0.3 is 15.5 Å². The summed E-state index contributed by atoms with van der Waals surface area (Å²) in [5, 5.41) is 5.58. The van der Waals surface area contributed by atoms with E-state index in [1.807, 2.05) is 68.4 Å². The fourth-order valence-electron chi connectivity index (χ4n) is 3.75. The summed E-state index contributed by atoms with van der Waals surface area (Å²) in [7, 11) is 0. The Labute approximate surface area is 173 Å². The van der Waals surface area contributed by atoms with E-state index in [0.29, 0.717) is 6.42 Å². The molecule has 0 unspecified atom stereocenters. The van der Waals surface area contributed by atoms with Gasteiger partial charge in [0.15, 0.2) is 0 Å². The highest BCUT2D eigenvalue weighted by molar-refractivity contribution is 5.94. The zero-order valence-electron chi connectivity index (χ0n) is 17.4. The van der Waals surface area contributed by atoms with E-state index in [1.165, 1.54) is 24.9 Å². The number of piperidine rings is 1. The van der Waals surface area contributed by atoms with Gasteiger partial charge in [-0.25, -0.2) is 0 Å². The summed E-state index contributed by atoms with van der Waals surface area (Å²) >= 11 is 0. The summed E-state index contributed by atoms with van der Waals surface area (Å²) < 4.78 is 0. The molecule has 2 aromatic carbocycles. The van der Waals surface area contributed by atoms with Crippen LogP contribution in [0.15, 0.2) is 54.6 Å². The summed E-state index contributed by atoms with van der Waals surface area (Å²) in [5.41, 5.74) is 2.76. The lowest BCUT2D eigenvalue weighted by Crippen LogP contribution is -2.36. The number of nitrogens with one attached hydrogen (secondary N) is 2. The van der Waals surface area contributed by atoms with Gasteiger partial charge in [-0.1, -0.05) is 44.2 Å². The molecule has 0 atom stereocenters. The molecule has 5 heteroatoms. The maximum Gasteiger partial charge on any atom is 0.243 e. The van der Waals surface area contributed by atoms with Gasteiger partial charge in [0.1, 0.15) is 0 Å². The molecule has 0 radical (unpaired) electrons. The van der Waals surface area contributed by atoms with Crippen LogP contribution in [-0.4, -0.2) is 31.4 Å². The third-order valence-electron chi connectivity index (χ3n) is 5.48. The largest absolute Gasteiger partial charge is 0.372 e. The van der Waals surface area contributed by atoms with E-state index in [4.69, 9.17) is 0 Å². The Hall–Kier alpha value is -2.82. The van der Waals surface area contributed by atoms with Gasteiger partial charge in [0.25, 0.3) is 0 Å². The Morgan fingerprint density at radius 3 is 2.21 bits per heavy atom. The summed E-state index contributed by atoms with van der Waals surface area (Å²) in [5.74, 6) is -0.351. The molecule has 2 amide bonds. The lowest BCUT2D eigenvalue weighted by molar-refractivity contribution is -0.125. The lowest BCUT2D eigenvalue weighted by atomic mass is 9.81. The van der Waals surface area contributed by atoms with Crippen molar-refractivity contribution in [1.82, 2.24) is 5.32 Å². The number of carbonyl (C=O) groups excluding carboxylic acids is 2. The highest BCUT2D eigenvalue weighted by Crippen LogP contribution is 2.26. The normalized spacial score (nSPS) is 14.3. The maximum atomic E-state index is 12.3. The van der Waals surface area contributed by atoms with Gasteiger partial charge in [0.05, 0.1) is 6.54 Å². The monoisotopic (exact) mass is 393 g/mol. The van der Waals surface area contributed by atoms with Gasteiger partial charge in [0.2, 0.25) is 11.8 Å². The molecular weight excluding hydrogens is 362 g/mol. The highest BCUT2D eigenvalue weighted by atomic mass is 16.2. The number of anilines is 2. The minimum Gasteiger partial charge on any atom is -0.372 e. The number of amides is 2. The molecule has 154 valence electrons. The van der Waals surface area contributed by atoms with Gasteiger partial charge >= 0.3 is 0 Å². The lowest BCUT2D eigenvalue weighted by Gasteiger charge is -2.28. The van der Waals surface area contributed by atoms with E-state index in [-0.39, 0.29) is 23.8 Å². The number of carbonyl (C=O) groups is 2. The van der Waals surface area contributed by atoms with Crippen LogP contribution < -0.4 is 15.5 Å². The van der Waals surface area contributed by atoms with Crippen LogP contribution >= 0.6 is 0 Å². The topological polar surface area (TPSA) is 61.4 Å². The van der Waals surface area contributed by atoms with Crippen molar-refractivity contribution in [2.24, 2.45) is 0 Å². The quantitative estimate of drug-likeness (QED) is 0.744. The van der Waals surface area contributed by atoms with Gasteiger partial charge in [-0.05, 0) is 54.5 Å². The third kappa shape index (κ3) is 6.08. The van der Waals surface area contributed by atoms with Crippen molar-refractivity contribution in [1.29, 1.82) is 0 Å². The fourth-order valence-corrected chi connectivity index (χ4v) is 3.75. The van der Waals surface area contributed by atoms with E-state index >= 15 is 0 Å². The summed E-state index contributed by atoms with van der Waals surface area (Å²) in [6, 6.07) is 17.9. The molecule has 2 aromatic rings. The Balaban J connectivity index is 1.45. The summed E-state index contributed by atoms with van der Waals surface area (Å²) in [6.45, 7) is 6.23. The first-order valence-corrected chi connectivity index (χ1v) is 10.4. The smallest absolute Gasteiger partial charge is 0.243 e. The van der Waals surface area contributed by atoms with Gasteiger partial charge in [-0.2, -0.15) is 0 Å². The first kappa shape index (κ1) is 20.9. The SMILES string of the molecule is CC(C)(CC(=O)NCC(=O)Nc1ccc(N2CCCCC2)cc1)c1ccccc1. The number of rotatable bonds is 7. The molecule has 2 N–H and O–H groups in total. The average Bonchev–Trinajstić information content (AvgIpc) is 2.74. The molecule has 0 aliphatic carbocycles. The standard InChI is InChI=1S/C24H31N3O2/c1-24(2,19-9-5-3-6-10-19)17-22(28)25-18-23(29)26-20-11-13-21(14-12-20)27-15-7-4-8-16-27/h3,5-6,9-14H,4,7-8,15-18H2,1-2H3,(H,25,28)(H,26,29). The van der Waals surface area contributed by atoms with Crippen molar-refractivity contribution in [3.63, 3.8) is 0 Å². The predicted molar refractivity (Wildman–Crippen MR) is 118 cm³/mol. The second-order valence-electron chi connectivity index (χ2n) is 8.35. The molecule has 0 saturated carbocycles. The molecular formula is C24H31N3O2. The second kappa shape index (κ2) is 9.59. The summed E-state index contributed by atoms with van der Waals surface area (Å²) in [6.07, 6.45) is 4.10. The molecule has 29 heavy (non-hydrogen) atoms. The third-order valence-corrected chi connectivity index (χ3v) is 5.48. The first-order chi connectivity index (χ1) is 13.9. The van der Waals surface area contributed by atoms with E-state index in [9.17, 15) is 9.59 Å². The molecule has 0 bridgehead atoms. The fraction of sp³-hybridized carbons (Fsp3) is 0.417. The van der Waals surface area contributed by atoms with E-state index < -0.39 is 0 Å².